The highest BCUT2D eigenvalue weighted by molar-refractivity contribution is 6.30. The van der Waals surface area contributed by atoms with Gasteiger partial charge in [-0.2, -0.15) is 0 Å². The van der Waals surface area contributed by atoms with Crippen molar-refractivity contribution in [1.29, 1.82) is 0 Å². The van der Waals surface area contributed by atoms with Crippen LogP contribution in [0.1, 0.15) is 12.0 Å². The summed E-state index contributed by atoms with van der Waals surface area (Å²) in [6.07, 6.45) is 0.391. The molecule has 0 aromatic heterocycles. The highest BCUT2D eigenvalue weighted by Crippen LogP contribution is 2.16. The molecule has 0 saturated heterocycles. The van der Waals surface area contributed by atoms with E-state index in [1.165, 1.54) is 12.1 Å². The fourth-order valence-corrected chi connectivity index (χ4v) is 1.91. The van der Waals surface area contributed by atoms with Crippen molar-refractivity contribution in [2.24, 2.45) is 10.9 Å². The number of methoxy groups -OCH3 is 1. The van der Waals surface area contributed by atoms with E-state index in [1.807, 2.05) is 4.90 Å². The van der Waals surface area contributed by atoms with Gasteiger partial charge in [-0.1, -0.05) is 16.8 Å². The second-order valence-electron chi connectivity index (χ2n) is 4.35. The third kappa shape index (κ3) is 5.73. The summed E-state index contributed by atoms with van der Waals surface area (Å²) in [7, 11) is 1.60. The van der Waals surface area contributed by atoms with Crippen molar-refractivity contribution >= 4 is 17.4 Å². The van der Waals surface area contributed by atoms with Crippen LogP contribution in [0.2, 0.25) is 5.02 Å². The Kier molecular flexibility index (Phi) is 7.28. The molecule has 0 aliphatic rings. The minimum Gasteiger partial charge on any atom is -0.409 e. The van der Waals surface area contributed by atoms with Crippen molar-refractivity contribution in [3.05, 3.63) is 34.6 Å². The van der Waals surface area contributed by atoms with Crippen LogP contribution in [0.25, 0.3) is 0 Å². The Morgan fingerprint density at radius 2 is 2.25 bits per heavy atom. The zero-order valence-corrected chi connectivity index (χ0v) is 12.1. The van der Waals surface area contributed by atoms with Gasteiger partial charge in [-0.15, -0.1) is 0 Å². The molecule has 0 bridgehead atoms. The fraction of sp³-hybridized carbons (Fsp3) is 0.462. The molecule has 7 heteroatoms. The average Bonchev–Trinajstić information content (AvgIpc) is 2.45. The van der Waals surface area contributed by atoms with E-state index in [2.05, 4.69) is 5.16 Å². The van der Waals surface area contributed by atoms with Crippen molar-refractivity contribution in [1.82, 2.24) is 4.90 Å². The van der Waals surface area contributed by atoms with Gasteiger partial charge in [-0.25, -0.2) is 4.39 Å². The van der Waals surface area contributed by atoms with Gasteiger partial charge in [-0.3, -0.25) is 4.90 Å². The zero-order chi connectivity index (χ0) is 15.0. The lowest BCUT2D eigenvalue weighted by molar-refractivity contribution is 0.145. The van der Waals surface area contributed by atoms with E-state index >= 15 is 0 Å². The molecule has 0 spiro atoms. The van der Waals surface area contributed by atoms with E-state index in [4.69, 9.17) is 27.3 Å². The Hall–Kier alpha value is -1.37. The SMILES string of the molecule is COCCN(CC/C(N)=N/O)Cc1cc(Cl)ccc1F. The minimum absolute atomic E-state index is 0.138. The maximum absolute atomic E-state index is 13.7. The van der Waals surface area contributed by atoms with E-state index < -0.39 is 0 Å². The number of nitrogens with two attached hydrogens (primary N) is 1. The standard InChI is InChI=1S/C13H19ClFN3O2/c1-20-7-6-18(5-4-13(16)17-19)9-10-8-11(14)2-3-12(10)15/h2-3,8,19H,4-7,9H2,1H3,(H2,16,17). The van der Waals surface area contributed by atoms with Gasteiger partial charge < -0.3 is 15.7 Å². The molecule has 1 aromatic rings. The average molecular weight is 304 g/mol. The Morgan fingerprint density at radius 3 is 2.90 bits per heavy atom. The van der Waals surface area contributed by atoms with Gasteiger partial charge in [0.1, 0.15) is 11.7 Å². The molecule has 1 aromatic carbocycles. The second-order valence-corrected chi connectivity index (χ2v) is 4.78. The smallest absolute Gasteiger partial charge is 0.140 e. The molecule has 0 amide bonds. The molecule has 0 atom stereocenters. The lowest BCUT2D eigenvalue weighted by Crippen LogP contribution is -2.31. The monoisotopic (exact) mass is 303 g/mol. The first-order valence-corrected chi connectivity index (χ1v) is 6.56. The minimum atomic E-state index is -0.305. The normalized spacial score (nSPS) is 12.1. The number of hydrogen-bond acceptors (Lipinski definition) is 4. The Bertz CT molecular complexity index is 457. The van der Waals surface area contributed by atoms with Gasteiger partial charge in [0.2, 0.25) is 0 Å². The van der Waals surface area contributed by atoms with Crippen molar-refractivity contribution in [3.63, 3.8) is 0 Å². The summed E-state index contributed by atoms with van der Waals surface area (Å²) in [4.78, 5) is 1.95. The third-order valence-corrected chi connectivity index (χ3v) is 3.06. The van der Waals surface area contributed by atoms with Crippen molar-refractivity contribution in [3.8, 4) is 0 Å². The highest BCUT2D eigenvalue weighted by Gasteiger charge is 2.11. The van der Waals surface area contributed by atoms with Gasteiger partial charge >= 0.3 is 0 Å². The predicted molar refractivity (Wildman–Crippen MR) is 76.6 cm³/mol. The molecule has 1 rings (SSSR count). The molecular formula is C13H19ClFN3O2. The maximum Gasteiger partial charge on any atom is 0.140 e. The summed E-state index contributed by atoms with van der Waals surface area (Å²) in [5.41, 5.74) is 5.95. The van der Waals surface area contributed by atoms with Crippen LogP contribution in [0.5, 0.6) is 0 Å². The van der Waals surface area contributed by atoms with Crippen LogP contribution in [-0.2, 0) is 11.3 Å². The molecule has 112 valence electrons. The summed E-state index contributed by atoms with van der Waals surface area (Å²) in [6.45, 7) is 2.04. The second kappa shape index (κ2) is 8.73. The van der Waals surface area contributed by atoms with Crippen LogP contribution >= 0.6 is 11.6 Å². The Labute approximate surface area is 122 Å². The molecule has 3 N–H and O–H groups in total. The summed E-state index contributed by atoms with van der Waals surface area (Å²) >= 11 is 5.87. The molecule has 0 heterocycles. The largest absolute Gasteiger partial charge is 0.409 e. The topological polar surface area (TPSA) is 71.1 Å². The first-order chi connectivity index (χ1) is 9.56. The lowest BCUT2D eigenvalue weighted by atomic mass is 10.2. The fourth-order valence-electron chi connectivity index (χ4n) is 1.72. The number of hydrogen-bond donors (Lipinski definition) is 2. The summed E-state index contributed by atoms with van der Waals surface area (Å²) in [6, 6.07) is 4.45. The number of amidine groups is 1. The van der Waals surface area contributed by atoms with E-state index in [-0.39, 0.29) is 11.7 Å². The quantitative estimate of drug-likeness (QED) is 0.334. The van der Waals surface area contributed by atoms with Crippen LogP contribution in [0, 0.1) is 5.82 Å². The number of ether oxygens (including phenoxy) is 1. The summed E-state index contributed by atoms with van der Waals surface area (Å²) in [5, 5.41) is 11.9. The van der Waals surface area contributed by atoms with Gasteiger partial charge in [0.05, 0.1) is 6.61 Å². The van der Waals surface area contributed by atoms with Crippen molar-refractivity contribution in [2.75, 3.05) is 26.8 Å². The number of rotatable bonds is 8. The molecule has 0 radical (unpaired) electrons. The number of halogens is 2. The van der Waals surface area contributed by atoms with Gasteiger partial charge in [0.15, 0.2) is 0 Å². The van der Waals surface area contributed by atoms with Crippen LogP contribution in [0.4, 0.5) is 4.39 Å². The van der Waals surface area contributed by atoms with Gasteiger partial charge in [0, 0.05) is 43.8 Å². The van der Waals surface area contributed by atoms with E-state index in [0.717, 1.165) is 0 Å². The number of oxime groups is 1. The Morgan fingerprint density at radius 1 is 1.50 bits per heavy atom. The van der Waals surface area contributed by atoms with Crippen LogP contribution in [0.15, 0.2) is 23.4 Å². The Balaban J connectivity index is 2.69. The maximum atomic E-state index is 13.7. The summed E-state index contributed by atoms with van der Waals surface area (Å²) in [5.74, 6) is -0.167. The first kappa shape index (κ1) is 16.7. The first-order valence-electron chi connectivity index (χ1n) is 6.18. The highest BCUT2D eigenvalue weighted by atomic mass is 35.5. The van der Waals surface area contributed by atoms with Gasteiger partial charge in [-0.05, 0) is 18.2 Å². The van der Waals surface area contributed by atoms with E-state index in [0.29, 0.717) is 43.2 Å². The van der Waals surface area contributed by atoms with Crippen molar-refractivity contribution < 1.29 is 14.3 Å². The molecule has 20 heavy (non-hydrogen) atoms. The zero-order valence-electron chi connectivity index (χ0n) is 11.4. The van der Waals surface area contributed by atoms with E-state index in [9.17, 15) is 4.39 Å². The molecule has 0 saturated carbocycles. The number of benzene rings is 1. The molecule has 0 aliphatic heterocycles. The van der Waals surface area contributed by atoms with Crippen LogP contribution in [0.3, 0.4) is 0 Å². The van der Waals surface area contributed by atoms with Gasteiger partial charge in [0.25, 0.3) is 0 Å². The van der Waals surface area contributed by atoms with Crippen molar-refractivity contribution in [2.45, 2.75) is 13.0 Å². The number of nitrogens with zero attached hydrogens (tertiary/aromatic N) is 2. The third-order valence-electron chi connectivity index (χ3n) is 2.83. The lowest BCUT2D eigenvalue weighted by Gasteiger charge is -2.22. The molecule has 0 aliphatic carbocycles. The molecule has 5 nitrogen and oxygen atoms in total. The molecule has 0 fully saturated rings. The molecular weight excluding hydrogens is 285 g/mol. The van der Waals surface area contributed by atoms with Crippen LogP contribution in [-0.4, -0.2) is 42.7 Å². The summed E-state index contributed by atoms with van der Waals surface area (Å²) < 4.78 is 18.7. The predicted octanol–water partition coefficient (Wildman–Crippen LogP) is 2.06. The molecule has 0 unspecified atom stereocenters. The van der Waals surface area contributed by atoms with E-state index in [1.54, 1.807) is 13.2 Å². The van der Waals surface area contributed by atoms with Crippen LogP contribution < -0.4 is 5.73 Å².